The molecule has 0 aliphatic heterocycles. The number of alkyl halides is 1. The van der Waals surface area contributed by atoms with Gasteiger partial charge in [0.15, 0.2) is 5.76 Å². The largest absolute Gasteiger partial charge is 0.512 e. The van der Waals surface area contributed by atoms with Crippen LogP contribution < -0.4 is 0 Å². The van der Waals surface area contributed by atoms with Gasteiger partial charge in [-0.3, -0.25) is 0 Å². The molecule has 0 aliphatic carbocycles. The zero-order valence-corrected chi connectivity index (χ0v) is 7.12. The lowest BCUT2D eigenvalue weighted by molar-refractivity contribution is 0.0981. The minimum atomic E-state index is -1.05. The Morgan fingerprint density at radius 1 is 1.64 bits per heavy atom. The Morgan fingerprint density at radius 3 is 2.45 bits per heavy atom. The lowest BCUT2D eigenvalue weighted by atomic mass is 10.0. The van der Waals surface area contributed by atoms with E-state index in [4.69, 9.17) is 21.8 Å². The minimum absolute atomic E-state index is 0.208. The number of hydrogen-bond acceptors (Lipinski definition) is 3. The van der Waals surface area contributed by atoms with Crippen LogP contribution in [0.2, 0.25) is 0 Å². The molecule has 0 spiro atoms. The van der Waals surface area contributed by atoms with Crippen molar-refractivity contribution in [3.05, 3.63) is 12.0 Å². The molecule has 0 aromatic heterocycles. The third-order valence-corrected chi connectivity index (χ3v) is 2.00. The van der Waals surface area contributed by atoms with Crippen LogP contribution in [-0.4, -0.2) is 27.3 Å². The van der Waals surface area contributed by atoms with Crippen LogP contribution in [0.3, 0.4) is 0 Å². The highest BCUT2D eigenvalue weighted by atomic mass is 35.5. The third kappa shape index (κ3) is 2.99. The van der Waals surface area contributed by atoms with E-state index in [0.29, 0.717) is 12.7 Å². The predicted octanol–water partition coefficient (Wildman–Crippen LogP) is 1.57. The van der Waals surface area contributed by atoms with Gasteiger partial charge in [-0.2, -0.15) is 0 Å². The van der Waals surface area contributed by atoms with Gasteiger partial charge in [0.05, 0.1) is 0 Å². The summed E-state index contributed by atoms with van der Waals surface area (Å²) >= 11 is 5.48. The molecule has 0 amide bonds. The summed E-state index contributed by atoms with van der Waals surface area (Å²) in [6.07, 6.45) is 0.0881. The van der Waals surface area contributed by atoms with Gasteiger partial charge in [0, 0.05) is 11.8 Å². The molecule has 0 heterocycles. The van der Waals surface area contributed by atoms with E-state index in [1.165, 1.54) is 0 Å². The molecule has 0 fully saturated rings. The van der Waals surface area contributed by atoms with E-state index in [-0.39, 0.29) is 11.8 Å². The molecule has 3 nitrogen and oxygen atoms in total. The Hall–Kier alpha value is -0.410. The van der Waals surface area contributed by atoms with Crippen LogP contribution >= 0.6 is 11.6 Å². The molecule has 0 aromatic carbocycles. The van der Waals surface area contributed by atoms with E-state index in [2.05, 4.69) is 0 Å². The standard InChI is InChI=1S/C7H13ClO3/c1-2-5(3-8)7(11)6(10)4-9/h4-5,7,9-11H,2-3H2,1H3/b6-4-. The first-order valence-electron chi connectivity index (χ1n) is 3.44. The number of aliphatic hydroxyl groups is 3. The Labute approximate surface area is 70.9 Å². The summed E-state index contributed by atoms with van der Waals surface area (Å²) in [4.78, 5) is 0. The second-order valence-electron chi connectivity index (χ2n) is 2.32. The second-order valence-corrected chi connectivity index (χ2v) is 2.63. The van der Waals surface area contributed by atoms with E-state index >= 15 is 0 Å². The summed E-state index contributed by atoms with van der Waals surface area (Å²) in [7, 11) is 0. The summed E-state index contributed by atoms with van der Waals surface area (Å²) in [6, 6.07) is 0. The van der Waals surface area contributed by atoms with Gasteiger partial charge in [-0.05, 0) is 6.42 Å². The van der Waals surface area contributed by atoms with Crippen molar-refractivity contribution in [1.29, 1.82) is 0 Å². The van der Waals surface area contributed by atoms with Gasteiger partial charge in [-0.25, -0.2) is 0 Å². The lowest BCUT2D eigenvalue weighted by Gasteiger charge is -2.17. The SMILES string of the molecule is CCC(CCl)C(O)/C(O)=C/O. The molecule has 0 bridgehead atoms. The molecule has 2 unspecified atom stereocenters. The van der Waals surface area contributed by atoms with Gasteiger partial charge in [0.1, 0.15) is 12.4 Å². The maximum absolute atomic E-state index is 9.21. The van der Waals surface area contributed by atoms with E-state index < -0.39 is 11.9 Å². The zero-order chi connectivity index (χ0) is 8.85. The van der Waals surface area contributed by atoms with Gasteiger partial charge in [0.25, 0.3) is 0 Å². The van der Waals surface area contributed by atoms with Gasteiger partial charge in [-0.15, -0.1) is 11.6 Å². The Bertz CT molecular complexity index is 132. The van der Waals surface area contributed by atoms with E-state index in [1.807, 2.05) is 6.92 Å². The van der Waals surface area contributed by atoms with E-state index in [1.54, 1.807) is 0 Å². The fourth-order valence-corrected chi connectivity index (χ4v) is 1.12. The van der Waals surface area contributed by atoms with Crippen LogP contribution in [0.15, 0.2) is 12.0 Å². The van der Waals surface area contributed by atoms with Gasteiger partial charge < -0.3 is 15.3 Å². The van der Waals surface area contributed by atoms with E-state index in [9.17, 15) is 5.11 Å². The number of hydrogen-bond donors (Lipinski definition) is 3. The van der Waals surface area contributed by atoms with Gasteiger partial charge >= 0.3 is 0 Å². The average molecular weight is 181 g/mol. The maximum atomic E-state index is 9.21. The second kappa shape index (κ2) is 5.27. The summed E-state index contributed by atoms with van der Waals surface area (Å²) in [5.41, 5.74) is 0. The third-order valence-electron chi connectivity index (χ3n) is 1.60. The van der Waals surface area contributed by atoms with Crippen LogP contribution in [0.1, 0.15) is 13.3 Å². The van der Waals surface area contributed by atoms with Gasteiger partial charge in [-0.1, -0.05) is 6.92 Å². The Balaban J connectivity index is 4.08. The molecular formula is C7H13ClO3. The molecule has 0 saturated carbocycles. The van der Waals surface area contributed by atoms with Crippen molar-refractivity contribution in [3.8, 4) is 0 Å². The highest BCUT2D eigenvalue weighted by molar-refractivity contribution is 6.18. The fraction of sp³-hybridized carbons (Fsp3) is 0.714. The smallest absolute Gasteiger partial charge is 0.155 e. The molecule has 0 saturated heterocycles. The number of aliphatic hydroxyl groups excluding tert-OH is 3. The summed E-state index contributed by atoms with van der Waals surface area (Å²) < 4.78 is 0. The predicted molar refractivity (Wildman–Crippen MR) is 43.8 cm³/mol. The molecule has 0 radical (unpaired) electrons. The van der Waals surface area contributed by atoms with Crippen LogP contribution in [0.4, 0.5) is 0 Å². The van der Waals surface area contributed by atoms with Crippen molar-refractivity contribution in [3.63, 3.8) is 0 Å². The van der Waals surface area contributed by atoms with Crippen molar-refractivity contribution in [2.75, 3.05) is 5.88 Å². The quantitative estimate of drug-likeness (QED) is 0.455. The molecule has 11 heavy (non-hydrogen) atoms. The lowest BCUT2D eigenvalue weighted by Crippen LogP contribution is -2.23. The average Bonchev–Trinajstić information content (AvgIpc) is 2.05. The Kier molecular flexibility index (Phi) is 5.07. The van der Waals surface area contributed by atoms with Crippen LogP contribution in [-0.2, 0) is 0 Å². The van der Waals surface area contributed by atoms with Crippen molar-refractivity contribution >= 4 is 11.6 Å². The van der Waals surface area contributed by atoms with Gasteiger partial charge in [0.2, 0.25) is 0 Å². The highest BCUT2D eigenvalue weighted by Gasteiger charge is 2.19. The van der Waals surface area contributed by atoms with Crippen molar-refractivity contribution in [1.82, 2.24) is 0 Å². The zero-order valence-electron chi connectivity index (χ0n) is 6.37. The molecule has 2 atom stereocenters. The first-order valence-corrected chi connectivity index (χ1v) is 3.98. The maximum Gasteiger partial charge on any atom is 0.155 e. The molecule has 66 valence electrons. The van der Waals surface area contributed by atoms with Crippen LogP contribution in [0.25, 0.3) is 0 Å². The molecule has 0 aromatic rings. The van der Waals surface area contributed by atoms with Crippen molar-refractivity contribution < 1.29 is 15.3 Å². The monoisotopic (exact) mass is 180 g/mol. The summed E-state index contributed by atoms with van der Waals surface area (Å²) in [5.74, 6) is -0.382. The molecule has 3 N–H and O–H groups in total. The summed E-state index contributed by atoms with van der Waals surface area (Å²) in [6.45, 7) is 1.85. The first-order chi connectivity index (χ1) is 5.17. The minimum Gasteiger partial charge on any atom is -0.512 e. The van der Waals surface area contributed by atoms with E-state index in [0.717, 1.165) is 0 Å². The number of halogens is 1. The normalized spacial score (nSPS) is 17.9. The molecule has 0 aliphatic rings. The highest BCUT2D eigenvalue weighted by Crippen LogP contribution is 2.15. The van der Waals surface area contributed by atoms with Crippen LogP contribution in [0.5, 0.6) is 0 Å². The Morgan fingerprint density at radius 2 is 2.18 bits per heavy atom. The van der Waals surface area contributed by atoms with Crippen LogP contribution in [0, 0.1) is 5.92 Å². The van der Waals surface area contributed by atoms with Crippen molar-refractivity contribution in [2.45, 2.75) is 19.4 Å². The van der Waals surface area contributed by atoms with Crippen molar-refractivity contribution in [2.24, 2.45) is 5.92 Å². The topological polar surface area (TPSA) is 60.7 Å². The molecule has 4 heteroatoms. The fourth-order valence-electron chi connectivity index (χ4n) is 0.735. The molecule has 0 rings (SSSR count). The molecular weight excluding hydrogens is 168 g/mol. The summed E-state index contributed by atoms with van der Waals surface area (Å²) in [5, 5.41) is 26.4. The first kappa shape index (κ1) is 10.6. The number of rotatable bonds is 4.